The fraction of sp³-hybridized carbons (Fsp3) is 0.553. The molecule has 0 aromatic heterocycles. The summed E-state index contributed by atoms with van der Waals surface area (Å²) in [5.41, 5.74) is 12.1. The monoisotopic (exact) mass is 958 g/mol. The second-order valence-electron chi connectivity index (χ2n) is 14.6. The number of phenols is 1. The van der Waals surface area contributed by atoms with Gasteiger partial charge < -0.3 is 84.6 Å². The number of aliphatic hydroxyl groups excluding tert-OH is 2. The van der Waals surface area contributed by atoms with E-state index in [0.29, 0.717) is 12.0 Å². The number of rotatable bonds is 31. The zero-order chi connectivity index (χ0) is 50.1. The van der Waals surface area contributed by atoms with E-state index >= 15 is 0 Å². The highest BCUT2D eigenvalue weighted by Crippen LogP contribution is 2.12. The van der Waals surface area contributed by atoms with Gasteiger partial charge in [-0.15, -0.1) is 0 Å². The number of nitrogens with one attached hydrogen (secondary N) is 8. The summed E-state index contributed by atoms with van der Waals surface area (Å²) in [6, 6.07) is -5.83. The average molecular weight is 959 g/mol. The molecule has 0 aliphatic carbocycles. The van der Waals surface area contributed by atoms with Crippen molar-refractivity contribution in [3.05, 3.63) is 29.8 Å². The van der Waals surface area contributed by atoms with Gasteiger partial charge in [-0.3, -0.25) is 47.9 Å². The molecule has 1 aromatic carbocycles. The van der Waals surface area contributed by atoms with E-state index in [-0.39, 0.29) is 37.3 Å². The number of thiol groups is 1. The first-order valence-corrected chi connectivity index (χ1v) is 20.8. The summed E-state index contributed by atoms with van der Waals surface area (Å²) in [4.78, 5) is 138. The highest BCUT2D eigenvalue weighted by molar-refractivity contribution is 7.80. The number of carbonyl (C=O) groups excluding carboxylic acids is 8. The van der Waals surface area contributed by atoms with E-state index in [1.807, 2.05) is 0 Å². The highest BCUT2D eigenvalue weighted by Gasteiger charge is 2.34. The van der Waals surface area contributed by atoms with Crippen LogP contribution in [0, 0.1) is 0 Å². The van der Waals surface area contributed by atoms with Crippen molar-refractivity contribution in [3.8, 4) is 5.75 Å². The third kappa shape index (κ3) is 21.8. The van der Waals surface area contributed by atoms with E-state index < -0.39 is 153 Å². The first-order chi connectivity index (χ1) is 31.0. The topological polar surface area (TPSA) is 457 Å². The molecule has 1 aromatic rings. The maximum absolute atomic E-state index is 13.7. The lowest BCUT2D eigenvalue weighted by molar-refractivity contribution is -0.141. The van der Waals surface area contributed by atoms with Gasteiger partial charge >= 0.3 is 17.9 Å². The van der Waals surface area contributed by atoms with Crippen LogP contribution in [-0.2, 0) is 59.2 Å². The Morgan fingerprint density at radius 2 is 1.17 bits per heavy atom. The highest BCUT2D eigenvalue weighted by atomic mass is 32.1. The molecule has 0 radical (unpaired) electrons. The van der Waals surface area contributed by atoms with Gasteiger partial charge in [0.15, 0.2) is 0 Å². The largest absolute Gasteiger partial charge is 0.508 e. The van der Waals surface area contributed by atoms with Gasteiger partial charge in [0, 0.05) is 12.2 Å². The summed E-state index contributed by atoms with van der Waals surface area (Å²) in [6.07, 6.45) is -3.77. The minimum absolute atomic E-state index is 0.0565. The number of unbranched alkanes of at least 4 members (excludes halogenated alkanes) is 1. The number of nitrogens with two attached hydrogens (primary N) is 2. The number of aliphatic hydroxyl groups is 2. The molecule has 0 saturated carbocycles. The second-order valence-corrected chi connectivity index (χ2v) is 14.9. The van der Waals surface area contributed by atoms with Crippen LogP contribution < -0.4 is 54.0 Å². The minimum Gasteiger partial charge on any atom is -0.508 e. The number of aromatic hydroxyl groups is 1. The Bertz CT molecular complexity index is 1870. The number of amides is 8. The van der Waals surface area contributed by atoms with Crippen molar-refractivity contribution in [1.82, 2.24) is 42.5 Å². The Morgan fingerprint density at radius 3 is 1.68 bits per heavy atom. The van der Waals surface area contributed by atoms with Crippen LogP contribution >= 0.6 is 12.6 Å². The van der Waals surface area contributed by atoms with Gasteiger partial charge in [-0.25, -0.2) is 4.79 Å². The maximum Gasteiger partial charge on any atom is 0.327 e. The molecule has 0 saturated heterocycles. The molecule has 0 bridgehead atoms. The van der Waals surface area contributed by atoms with Crippen molar-refractivity contribution in [1.29, 1.82) is 0 Å². The molecular weight excluding hydrogens is 901 g/mol. The average Bonchev–Trinajstić information content (AvgIpc) is 3.25. The predicted molar refractivity (Wildman–Crippen MR) is 230 cm³/mol. The molecule has 18 N–H and O–H groups in total. The maximum atomic E-state index is 13.7. The second kappa shape index (κ2) is 29.8. The fourth-order valence-corrected chi connectivity index (χ4v) is 5.81. The molecule has 66 heavy (non-hydrogen) atoms. The first kappa shape index (κ1) is 57.4. The molecule has 8 amide bonds. The van der Waals surface area contributed by atoms with Gasteiger partial charge in [-0.1, -0.05) is 12.1 Å². The van der Waals surface area contributed by atoms with E-state index in [0.717, 1.165) is 6.92 Å². The van der Waals surface area contributed by atoms with E-state index in [2.05, 4.69) is 55.2 Å². The van der Waals surface area contributed by atoms with Crippen molar-refractivity contribution >= 4 is 77.8 Å². The summed E-state index contributed by atoms with van der Waals surface area (Å²) in [5, 5.41) is 75.0. The van der Waals surface area contributed by atoms with Crippen molar-refractivity contribution in [2.75, 3.05) is 32.0 Å². The molecule has 0 aliphatic rings. The van der Waals surface area contributed by atoms with Crippen LogP contribution in [0.2, 0.25) is 0 Å². The first-order valence-electron chi connectivity index (χ1n) is 20.2. The number of benzene rings is 1. The Morgan fingerprint density at radius 1 is 0.636 bits per heavy atom. The molecule has 28 heteroatoms. The summed E-state index contributed by atoms with van der Waals surface area (Å²) in [6.45, 7) is -1.36. The number of aliphatic carboxylic acids is 3. The lowest BCUT2D eigenvalue weighted by Gasteiger charge is -2.27. The Labute approximate surface area is 382 Å². The lowest BCUT2D eigenvalue weighted by Crippen LogP contribution is -2.61. The SMILES string of the molecule is CC(O)C(NC(=O)C(CO)NC(=O)C(CCCCN)NC(=O)C(CCC(=O)O)NC(=O)C(CC(=O)O)NC(=O)C(N)Cc1ccc(O)cc1)C(=O)NCC(=O)NCC(=O)NC(CS)C(=O)O. The van der Waals surface area contributed by atoms with Gasteiger partial charge in [0.1, 0.15) is 42.0 Å². The van der Waals surface area contributed by atoms with E-state index in [9.17, 15) is 78.3 Å². The molecule has 8 atom stereocenters. The van der Waals surface area contributed by atoms with Crippen LogP contribution in [0.25, 0.3) is 0 Å². The summed E-state index contributed by atoms with van der Waals surface area (Å²) in [5.74, 6) is -13.3. The zero-order valence-corrected chi connectivity index (χ0v) is 36.6. The molecule has 0 heterocycles. The molecule has 8 unspecified atom stereocenters. The van der Waals surface area contributed by atoms with Crippen molar-refractivity contribution < 1.29 is 83.4 Å². The van der Waals surface area contributed by atoms with Crippen LogP contribution in [0.15, 0.2) is 24.3 Å². The third-order valence-electron chi connectivity index (χ3n) is 9.16. The third-order valence-corrected chi connectivity index (χ3v) is 9.53. The van der Waals surface area contributed by atoms with E-state index in [1.165, 1.54) is 24.3 Å². The minimum atomic E-state index is -1.85. The Kier molecular flexibility index (Phi) is 25.9. The summed E-state index contributed by atoms with van der Waals surface area (Å²) >= 11 is 3.80. The van der Waals surface area contributed by atoms with Crippen LogP contribution in [-0.4, -0.2) is 176 Å². The number of hydrogen-bond acceptors (Lipinski definition) is 17. The molecule has 368 valence electrons. The number of hydrogen-bond donors (Lipinski definition) is 17. The number of carbonyl (C=O) groups is 11. The van der Waals surface area contributed by atoms with Crippen LogP contribution in [0.3, 0.4) is 0 Å². The number of carboxylic acid groups (broad SMARTS) is 3. The van der Waals surface area contributed by atoms with Crippen molar-refractivity contribution in [2.45, 2.75) is 100 Å². The number of phenolic OH excluding ortho intramolecular Hbond substituents is 1. The molecule has 0 spiro atoms. The van der Waals surface area contributed by atoms with Crippen LogP contribution in [0.1, 0.15) is 51.0 Å². The van der Waals surface area contributed by atoms with Crippen molar-refractivity contribution in [2.24, 2.45) is 11.5 Å². The van der Waals surface area contributed by atoms with Gasteiger partial charge in [0.05, 0.1) is 38.3 Å². The zero-order valence-electron chi connectivity index (χ0n) is 35.7. The van der Waals surface area contributed by atoms with Crippen LogP contribution in [0.5, 0.6) is 5.75 Å². The van der Waals surface area contributed by atoms with Gasteiger partial charge in [-0.2, -0.15) is 12.6 Å². The van der Waals surface area contributed by atoms with Crippen LogP contribution in [0.4, 0.5) is 0 Å². The molecule has 0 aliphatic heterocycles. The smallest absolute Gasteiger partial charge is 0.327 e. The van der Waals surface area contributed by atoms with Gasteiger partial charge in [-0.05, 0) is 63.3 Å². The standard InChI is InChI=1S/C38H58N10O17S/c1-18(50)31(37(63)42-14-27(52)41-15-28(53)43-26(17-66)38(64)65)48-36(62)25(16-49)47-33(59)22(4-2-3-11-39)44-34(60)23(9-10-29(54)55)45-35(61)24(13-30(56)57)46-32(58)21(40)12-19-5-7-20(51)8-6-19/h5-8,18,21-26,31,49-51,66H,2-4,9-17,39-40H2,1H3,(H,41,52)(H,42,63)(H,43,53)(H,44,60)(H,45,61)(H,46,58)(H,47,59)(H,48,62)(H,54,55)(H,56,57)(H,64,65). The lowest BCUT2D eigenvalue weighted by atomic mass is 10.0. The Hall–Kier alpha value is -6.62. The molecule has 27 nitrogen and oxygen atoms in total. The number of carboxylic acids is 3. The van der Waals surface area contributed by atoms with Crippen molar-refractivity contribution in [3.63, 3.8) is 0 Å². The summed E-state index contributed by atoms with van der Waals surface area (Å²) < 4.78 is 0. The predicted octanol–water partition coefficient (Wildman–Crippen LogP) is -6.74. The molecule has 0 fully saturated rings. The quantitative estimate of drug-likeness (QED) is 0.0243. The molecular formula is C38H58N10O17S. The summed E-state index contributed by atoms with van der Waals surface area (Å²) in [7, 11) is 0. The molecule has 1 rings (SSSR count). The Balaban J connectivity index is 3.13. The van der Waals surface area contributed by atoms with E-state index in [1.54, 1.807) is 0 Å². The van der Waals surface area contributed by atoms with E-state index in [4.69, 9.17) is 16.6 Å². The van der Waals surface area contributed by atoms with Gasteiger partial charge in [0.2, 0.25) is 47.3 Å². The van der Waals surface area contributed by atoms with Gasteiger partial charge in [0.25, 0.3) is 0 Å². The fourth-order valence-electron chi connectivity index (χ4n) is 5.56. The normalized spacial score (nSPS) is 14.5.